The Kier molecular flexibility index (Phi) is 6.02. The third kappa shape index (κ3) is 4.98. The summed E-state index contributed by atoms with van der Waals surface area (Å²) in [4.78, 5) is 26.0. The molecule has 2 aromatic rings. The molecule has 0 fully saturated rings. The molecule has 0 bridgehead atoms. The molecule has 0 aliphatic carbocycles. The average Bonchev–Trinajstić information content (AvgIpc) is 2.87. The number of rotatable bonds is 7. The summed E-state index contributed by atoms with van der Waals surface area (Å²) in [5.74, 6) is 0. The molecule has 0 spiro atoms. The number of carbonyl (C=O) groups is 2. The maximum absolute atomic E-state index is 10.9. The zero-order valence-corrected chi connectivity index (χ0v) is 13.5. The van der Waals surface area contributed by atoms with Crippen LogP contribution in [0, 0.1) is 0 Å². The Labute approximate surface area is 139 Å². The van der Waals surface area contributed by atoms with Crippen LogP contribution in [-0.2, 0) is 14.2 Å². The molecule has 0 saturated heterocycles. The van der Waals surface area contributed by atoms with E-state index >= 15 is 0 Å². The summed E-state index contributed by atoms with van der Waals surface area (Å²) >= 11 is 2.31. The second kappa shape index (κ2) is 7.99. The molecule has 0 amide bonds. The van der Waals surface area contributed by atoms with Crippen LogP contribution in [0.4, 0.5) is 9.59 Å². The van der Waals surface area contributed by atoms with Crippen molar-refractivity contribution in [3.63, 3.8) is 0 Å². The Bertz CT molecular complexity index is 657. The average molecular weight is 359 g/mol. The first kappa shape index (κ1) is 17.3. The smallest absolute Gasteiger partial charge is 0.450 e. The van der Waals surface area contributed by atoms with E-state index in [2.05, 4.69) is 9.72 Å². The summed E-state index contributed by atoms with van der Waals surface area (Å²) in [6, 6.07) is 7.40. The maximum atomic E-state index is 10.9. The van der Waals surface area contributed by atoms with E-state index in [-0.39, 0.29) is 6.61 Å². The number of thiazole rings is 1. The predicted molar refractivity (Wildman–Crippen MR) is 83.1 cm³/mol. The number of carboxylic acid groups (broad SMARTS) is 2. The summed E-state index contributed by atoms with van der Waals surface area (Å²) < 4.78 is 15.7. The Morgan fingerprint density at radius 2 is 1.96 bits per heavy atom. The topological polar surface area (TPSA) is 115 Å². The summed E-state index contributed by atoms with van der Waals surface area (Å²) in [6.45, 7) is -0.151. The number of methoxy groups -OCH3 is 1. The van der Waals surface area contributed by atoms with Gasteiger partial charge in [-0.2, -0.15) is 0 Å². The van der Waals surface area contributed by atoms with Gasteiger partial charge in [0.2, 0.25) is 0 Å². The number of nitrogens with zero attached hydrogens (tertiary/aromatic N) is 1. The van der Waals surface area contributed by atoms with Crippen LogP contribution < -0.4 is 0 Å². The second-order valence-electron chi connectivity index (χ2n) is 4.20. The molecule has 1 aromatic carbocycles. The normalized spacial score (nSPS) is 13.4. The molecule has 0 radical (unpaired) electrons. The van der Waals surface area contributed by atoms with Gasteiger partial charge in [0.1, 0.15) is 0 Å². The number of hydrogen-bond donors (Lipinski definition) is 2. The summed E-state index contributed by atoms with van der Waals surface area (Å²) in [7, 11) is 1.35. The number of fused-ring (bicyclic) bond motifs is 1. The molecular weight excluding hydrogens is 346 g/mol. The fourth-order valence-corrected chi connectivity index (χ4v) is 3.95. The second-order valence-corrected chi connectivity index (χ2v) is 6.57. The lowest BCUT2D eigenvalue weighted by molar-refractivity contribution is -0.0369. The van der Waals surface area contributed by atoms with Crippen LogP contribution in [0.15, 0.2) is 28.6 Å². The molecule has 0 saturated carbocycles. The van der Waals surface area contributed by atoms with Crippen molar-refractivity contribution in [2.45, 2.75) is 15.9 Å². The van der Waals surface area contributed by atoms with Gasteiger partial charge in [-0.3, -0.25) is 0 Å². The number of benzene rings is 1. The molecule has 1 heterocycles. The molecule has 2 unspecified atom stereocenters. The molecule has 2 atom stereocenters. The lowest BCUT2D eigenvalue weighted by atomic mass is 10.3. The van der Waals surface area contributed by atoms with Crippen LogP contribution in [-0.4, -0.2) is 52.8 Å². The first-order valence-corrected chi connectivity index (χ1v) is 7.99. The number of para-hydroxylation sites is 1. The van der Waals surface area contributed by atoms with Gasteiger partial charge in [-0.1, -0.05) is 12.1 Å². The number of hydrogen-bond acceptors (Lipinski definition) is 8. The highest BCUT2D eigenvalue weighted by molar-refractivity contribution is 8.01. The molecule has 2 rings (SSSR count). The van der Waals surface area contributed by atoms with Crippen LogP contribution in [0.2, 0.25) is 0 Å². The zero-order valence-electron chi connectivity index (χ0n) is 11.9. The predicted octanol–water partition coefficient (Wildman–Crippen LogP) is 3.12. The Balaban J connectivity index is 2.21. The summed E-state index contributed by atoms with van der Waals surface area (Å²) in [5.41, 5.74) is -0.374. The SMILES string of the molecule is COCC(OC(=O)O)C(OC(=O)O)Sc1nc2ccccc2s1. The van der Waals surface area contributed by atoms with Crippen LogP contribution in [0.3, 0.4) is 0 Å². The minimum atomic E-state index is -1.55. The van der Waals surface area contributed by atoms with Gasteiger partial charge in [-0.25, -0.2) is 14.6 Å². The van der Waals surface area contributed by atoms with Crippen molar-refractivity contribution >= 4 is 45.6 Å². The van der Waals surface area contributed by atoms with E-state index in [9.17, 15) is 9.59 Å². The van der Waals surface area contributed by atoms with E-state index in [0.29, 0.717) is 4.34 Å². The number of thioether (sulfide) groups is 1. The van der Waals surface area contributed by atoms with E-state index in [1.807, 2.05) is 24.3 Å². The van der Waals surface area contributed by atoms with Crippen LogP contribution >= 0.6 is 23.1 Å². The fourth-order valence-electron chi connectivity index (χ4n) is 1.74. The molecule has 23 heavy (non-hydrogen) atoms. The van der Waals surface area contributed by atoms with Gasteiger partial charge in [0.05, 0.1) is 16.8 Å². The van der Waals surface area contributed by atoms with E-state index in [1.165, 1.54) is 18.4 Å². The molecule has 0 aliphatic heterocycles. The minimum absolute atomic E-state index is 0.151. The van der Waals surface area contributed by atoms with Crippen molar-refractivity contribution in [1.29, 1.82) is 0 Å². The van der Waals surface area contributed by atoms with Gasteiger partial charge >= 0.3 is 12.3 Å². The first-order chi connectivity index (χ1) is 11.0. The molecule has 10 heteroatoms. The standard InChI is InChI=1S/C13H13NO7S2/c1-19-6-8(20-12(15)16)10(21-13(17)18)23-11-14-7-4-2-3-5-9(7)22-11/h2-5,8,10H,6H2,1H3,(H,15,16)(H,17,18). The van der Waals surface area contributed by atoms with Crippen LogP contribution in [0.5, 0.6) is 0 Å². The highest BCUT2D eigenvalue weighted by atomic mass is 32.2. The van der Waals surface area contributed by atoms with Gasteiger partial charge < -0.3 is 24.4 Å². The van der Waals surface area contributed by atoms with Gasteiger partial charge in [0.25, 0.3) is 0 Å². The lowest BCUT2D eigenvalue weighted by Gasteiger charge is -2.22. The minimum Gasteiger partial charge on any atom is -0.450 e. The zero-order chi connectivity index (χ0) is 16.8. The van der Waals surface area contributed by atoms with Crippen molar-refractivity contribution in [3.8, 4) is 0 Å². The Morgan fingerprint density at radius 1 is 1.26 bits per heavy atom. The first-order valence-electron chi connectivity index (χ1n) is 6.30. The fraction of sp³-hybridized carbons (Fsp3) is 0.308. The van der Waals surface area contributed by atoms with E-state index < -0.39 is 23.9 Å². The van der Waals surface area contributed by atoms with Crippen LogP contribution in [0.25, 0.3) is 10.2 Å². The Morgan fingerprint density at radius 3 is 2.57 bits per heavy atom. The monoisotopic (exact) mass is 359 g/mol. The van der Waals surface area contributed by atoms with Crippen molar-refractivity contribution in [2.75, 3.05) is 13.7 Å². The largest absolute Gasteiger partial charge is 0.507 e. The van der Waals surface area contributed by atoms with Crippen molar-refractivity contribution in [1.82, 2.24) is 4.98 Å². The molecular formula is C13H13NO7S2. The molecule has 1 aromatic heterocycles. The molecule has 8 nitrogen and oxygen atoms in total. The number of ether oxygens (including phenoxy) is 3. The highest BCUT2D eigenvalue weighted by Gasteiger charge is 2.31. The van der Waals surface area contributed by atoms with Crippen molar-refractivity contribution < 1.29 is 34.0 Å². The van der Waals surface area contributed by atoms with Gasteiger partial charge in [0, 0.05) is 7.11 Å². The summed E-state index contributed by atoms with van der Waals surface area (Å²) in [6.07, 6.45) is -4.21. The van der Waals surface area contributed by atoms with Crippen molar-refractivity contribution in [3.05, 3.63) is 24.3 Å². The van der Waals surface area contributed by atoms with E-state index in [4.69, 9.17) is 19.7 Å². The van der Waals surface area contributed by atoms with E-state index in [0.717, 1.165) is 22.0 Å². The lowest BCUT2D eigenvalue weighted by Crippen LogP contribution is -2.35. The maximum Gasteiger partial charge on any atom is 0.507 e. The third-order valence-corrected chi connectivity index (χ3v) is 4.89. The molecule has 0 aliphatic rings. The van der Waals surface area contributed by atoms with Gasteiger partial charge in [0.15, 0.2) is 15.9 Å². The summed E-state index contributed by atoms with van der Waals surface area (Å²) in [5, 5.41) is 17.6. The van der Waals surface area contributed by atoms with Gasteiger partial charge in [-0.05, 0) is 23.9 Å². The van der Waals surface area contributed by atoms with Gasteiger partial charge in [-0.15, -0.1) is 11.3 Å². The molecule has 2 N–H and O–H groups in total. The Hall–Kier alpha value is -2.04. The molecule has 124 valence electrons. The number of aromatic nitrogens is 1. The van der Waals surface area contributed by atoms with Crippen LogP contribution in [0.1, 0.15) is 0 Å². The van der Waals surface area contributed by atoms with Crippen molar-refractivity contribution in [2.24, 2.45) is 0 Å². The quantitative estimate of drug-likeness (QED) is 0.437. The highest BCUT2D eigenvalue weighted by Crippen LogP contribution is 2.34. The third-order valence-electron chi connectivity index (χ3n) is 2.59. The van der Waals surface area contributed by atoms with E-state index in [1.54, 1.807) is 0 Å².